The predicted octanol–water partition coefficient (Wildman–Crippen LogP) is 1.48. The molecule has 2 N–H and O–H groups in total. The highest BCUT2D eigenvalue weighted by atomic mass is 16.5. The highest BCUT2D eigenvalue weighted by Crippen LogP contribution is 2.32. The molecule has 0 spiro atoms. The third-order valence-electron chi connectivity index (χ3n) is 5.26. The average Bonchev–Trinajstić information content (AvgIpc) is 3.04. The molecule has 1 amide bonds. The monoisotopic (exact) mass is 348 g/mol. The lowest BCUT2D eigenvalue weighted by Gasteiger charge is -2.34. The molecule has 2 aliphatic heterocycles. The van der Waals surface area contributed by atoms with Gasteiger partial charge in [-0.1, -0.05) is 0 Å². The molecule has 0 unspecified atom stereocenters. The zero-order chi connectivity index (χ0) is 18.1. The van der Waals surface area contributed by atoms with Crippen molar-refractivity contribution in [2.75, 3.05) is 13.1 Å². The highest BCUT2D eigenvalue weighted by Gasteiger charge is 2.37. The molecule has 2 saturated heterocycles. The molecule has 0 bridgehead atoms. The second kappa shape index (κ2) is 7.00. The van der Waals surface area contributed by atoms with Crippen molar-refractivity contribution < 1.29 is 19.4 Å². The number of nitrogens with one attached hydrogen (secondary N) is 1. The molecule has 7 nitrogen and oxygen atoms in total. The van der Waals surface area contributed by atoms with Gasteiger partial charge in [0.1, 0.15) is 5.56 Å². The van der Waals surface area contributed by atoms with E-state index in [0.29, 0.717) is 25.1 Å². The lowest BCUT2D eigenvalue weighted by atomic mass is 9.89. The molecule has 3 rings (SSSR count). The Bertz CT molecular complexity index is 733. The first-order valence-electron chi connectivity index (χ1n) is 8.75. The molecule has 0 radical (unpaired) electrons. The van der Waals surface area contributed by atoms with Gasteiger partial charge in [-0.3, -0.25) is 9.59 Å². The lowest BCUT2D eigenvalue weighted by molar-refractivity contribution is -0.150. The van der Waals surface area contributed by atoms with E-state index in [2.05, 4.69) is 4.98 Å². The number of aromatic amines is 1. The van der Waals surface area contributed by atoms with Crippen LogP contribution >= 0.6 is 0 Å². The summed E-state index contributed by atoms with van der Waals surface area (Å²) in [5.41, 5.74) is 1.31. The summed E-state index contributed by atoms with van der Waals surface area (Å²) in [6, 6.07) is 1.81. The number of hydrogen-bond acceptors (Lipinski definition) is 4. The third kappa shape index (κ3) is 3.61. The Morgan fingerprint density at radius 3 is 2.44 bits per heavy atom. The van der Waals surface area contributed by atoms with Crippen LogP contribution in [-0.4, -0.2) is 52.2 Å². The minimum Gasteiger partial charge on any atom is -0.479 e. The van der Waals surface area contributed by atoms with Crippen molar-refractivity contribution >= 4 is 11.9 Å². The van der Waals surface area contributed by atoms with Crippen LogP contribution in [-0.2, 0) is 9.53 Å². The molecular weight excluding hydrogens is 324 g/mol. The Morgan fingerprint density at radius 1 is 1.20 bits per heavy atom. The van der Waals surface area contributed by atoms with Crippen molar-refractivity contribution in [3.63, 3.8) is 0 Å². The van der Waals surface area contributed by atoms with Gasteiger partial charge in [0.25, 0.3) is 11.5 Å². The summed E-state index contributed by atoms with van der Waals surface area (Å²) < 4.78 is 5.64. The van der Waals surface area contributed by atoms with Crippen molar-refractivity contribution in [2.24, 2.45) is 5.92 Å². The fourth-order valence-electron chi connectivity index (χ4n) is 3.94. The number of carboxylic acids is 1. The molecule has 1 aromatic rings. The maximum atomic E-state index is 12.7. The van der Waals surface area contributed by atoms with E-state index in [0.717, 1.165) is 25.0 Å². The second-order valence-electron chi connectivity index (χ2n) is 7.05. The second-order valence-corrected chi connectivity index (χ2v) is 7.05. The van der Waals surface area contributed by atoms with Gasteiger partial charge in [-0.05, 0) is 57.1 Å². The van der Waals surface area contributed by atoms with Gasteiger partial charge in [0.2, 0.25) is 0 Å². The zero-order valence-corrected chi connectivity index (χ0v) is 14.6. The minimum absolute atomic E-state index is 0.0390. The Morgan fingerprint density at radius 2 is 1.88 bits per heavy atom. The smallest absolute Gasteiger partial charge is 0.332 e. The number of nitrogens with zero attached hydrogens (tertiary/aromatic N) is 1. The molecule has 7 heteroatoms. The van der Waals surface area contributed by atoms with Gasteiger partial charge in [0.05, 0.1) is 6.10 Å². The summed E-state index contributed by atoms with van der Waals surface area (Å²) in [4.78, 5) is 40.3. The van der Waals surface area contributed by atoms with E-state index in [4.69, 9.17) is 9.84 Å². The molecule has 2 fully saturated rings. The van der Waals surface area contributed by atoms with E-state index in [1.54, 1.807) is 24.8 Å². The number of piperidine rings is 1. The maximum Gasteiger partial charge on any atom is 0.332 e. The van der Waals surface area contributed by atoms with Crippen molar-refractivity contribution in [3.05, 3.63) is 33.2 Å². The van der Waals surface area contributed by atoms with Crippen LogP contribution in [0.1, 0.15) is 47.3 Å². The van der Waals surface area contributed by atoms with E-state index >= 15 is 0 Å². The number of H-pyrrole nitrogens is 1. The number of carboxylic acid groups (broad SMARTS) is 1. The number of amides is 1. The molecular formula is C18H24N2O5. The number of likely N-dealkylation sites (tertiary alicyclic amines) is 1. The van der Waals surface area contributed by atoms with Crippen LogP contribution in [0.25, 0.3) is 0 Å². The number of carbonyl (C=O) groups is 2. The number of aryl methyl sites for hydroxylation is 2. The van der Waals surface area contributed by atoms with Crippen LogP contribution in [0.4, 0.5) is 0 Å². The van der Waals surface area contributed by atoms with Crippen molar-refractivity contribution in [1.29, 1.82) is 0 Å². The van der Waals surface area contributed by atoms with Crippen LogP contribution in [0.3, 0.4) is 0 Å². The number of pyridine rings is 1. The van der Waals surface area contributed by atoms with E-state index in [-0.39, 0.29) is 29.1 Å². The van der Waals surface area contributed by atoms with Crippen LogP contribution in [0.15, 0.2) is 10.9 Å². The first kappa shape index (κ1) is 17.7. The molecule has 2 aliphatic rings. The first-order valence-corrected chi connectivity index (χ1v) is 8.75. The fourth-order valence-corrected chi connectivity index (χ4v) is 3.94. The van der Waals surface area contributed by atoms with Crippen LogP contribution in [0, 0.1) is 19.8 Å². The van der Waals surface area contributed by atoms with Gasteiger partial charge >= 0.3 is 5.97 Å². The van der Waals surface area contributed by atoms with Gasteiger partial charge in [0.15, 0.2) is 6.10 Å². The van der Waals surface area contributed by atoms with E-state index in [1.807, 2.05) is 0 Å². The average molecular weight is 348 g/mol. The molecule has 1 aromatic heterocycles. The zero-order valence-electron chi connectivity index (χ0n) is 14.6. The summed E-state index contributed by atoms with van der Waals surface area (Å²) in [5, 5.41) is 9.03. The molecule has 0 aromatic carbocycles. The number of carbonyl (C=O) groups excluding carboxylic acids is 1. The van der Waals surface area contributed by atoms with E-state index in [9.17, 15) is 14.4 Å². The van der Waals surface area contributed by atoms with Gasteiger partial charge in [-0.2, -0.15) is 0 Å². The Kier molecular flexibility index (Phi) is 4.94. The van der Waals surface area contributed by atoms with Crippen LogP contribution < -0.4 is 5.56 Å². The first-order chi connectivity index (χ1) is 11.9. The van der Waals surface area contributed by atoms with Crippen molar-refractivity contribution in [3.8, 4) is 0 Å². The van der Waals surface area contributed by atoms with Crippen molar-refractivity contribution in [1.82, 2.24) is 9.88 Å². The SMILES string of the molecule is Cc1cc(C)c(C(=O)N2CCC([C@@H]3CC[C@H](C(=O)O)O3)CC2)c(=O)[nH]1. The number of ether oxygens (including phenoxy) is 1. The van der Waals surface area contributed by atoms with Gasteiger partial charge in [0, 0.05) is 18.8 Å². The summed E-state index contributed by atoms with van der Waals surface area (Å²) in [5.74, 6) is -0.858. The summed E-state index contributed by atoms with van der Waals surface area (Å²) in [6.07, 6.45) is 2.11. The fraction of sp³-hybridized carbons (Fsp3) is 0.611. The quantitative estimate of drug-likeness (QED) is 0.862. The Hall–Kier alpha value is -2.15. The maximum absolute atomic E-state index is 12.7. The Labute approximate surface area is 146 Å². The van der Waals surface area contributed by atoms with Crippen LogP contribution in [0.5, 0.6) is 0 Å². The minimum atomic E-state index is -0.899. The van der Waals surface area contributed by atoms with Gasteiger partial charge in [-0.15, -0.1) is 0 Å². The standard InChI is InChI=1S/C18H24N2O5/c1-10-9-11(2)19-16(21)15(10)17(22)20-7-5-12(6-8-20)13-3-4-14(25-13)18(23)24/h9,12-14H,3-8H2,1-2H3,(H,19,21)(H,23,24)/t13-,14+/m0/s1. The largest absolute Gasteiger partial charge is 0.479 e. The van der Waals surface area contributed by atoms with Gasteiger partial charge < -0.3 is 19.7 Å². The lowest BCUT2D eigenvalue weighted by Crippen LogP contribution is -2.43. The molecule has 25 heavy (non-hydrogen) atoms. The van der Waals surface area contributed by atoms with E-state index in [1.165, 1.54) is 0 Å². The highest BCUT2D eigenvalue weighted by molar-refractivity contribution is 5.95. The number of aliphatic carboxylic acids is 1. The van der Waals surface area contributed by atoms with E-state index < -0.39 is 12.1 Å². The molecule has 136 valence electrons. The molecule has 3 heterocycles. The van der Waals surface area contributed by atoms with Crippen molar-refractivity contribution in [2.45, 2.75) is 51.7 Å². The number of rotatable bonds is 3. The summed E-state index contributed by atoms with van der Waals surface area (Å²) in [7, 11) is 0. The Balaban J connectivity index is 1.62. The third-order valence-corrected chi connectivity index (χ3v) is 5.26. The van der Waals surface area contributed by atoms with Crippen LogP contribution in [0.2, 0.25) is 0 Å². The molecule has 0 aliphatic carbocycles. The number of aromatic nitrogens is 1. The summed E-state index contributed by atoms with van der Waals surface area (Å²) >= 11 is 0. The summed E-state index contributed by atoms with van der Waals surface area (Å²) in [6.45, 7) is 4.70. The van der Waals surface area contributed by atoms with Gasteiger partial charge in [-0.25, -0.2) is 4.79 Å². The predicted molar refractivity (Wildman–Crippen MR) is 90.7 cm³/mol. The normalized spacial score (nSPS) is 24.5. The molecule has 0 saturated carbocycles. The topological polar surface area (TPSA) is 99.7 Å². The number of hydrogen-bond donors (Lipinski definition) is 2. The molecule has 2 atom stereocenters.